The molecule has 3 atom stereocenters. The molecule has 0 aliphatic rings. The summed E-state index contributed by atoms with van der Waals surface area (Å²) in [4.78, 5) is 37.8. The number of carbonyl (C=O) groups excluding carboxylic acids is 2. The van der Waals surface area contributed by atoms with Gasteiger partial charge in [-0.15, -0.1) is 0 Å². The molecule has 0 saturated carbocycles. The van der Waals surface area contributed by atoms with Crippen LogP contribution >= 0.6 is 7.82 Å². The van der Waals surface area contributed by atoms with Crippen molar-refractivity contribution in [3.63, 3.8) is 0 Å². The van der Waals surface area contributed by atoms with Gasteiger partial charge in [0.05, 0.1) is 33.8 Å². The second-order valence-corrected chi connectivity index (χ2v) is 24.0. The molecule has 0 fully saturated rings. The van der Waals surface area contributed by atoms with Crippen molar-refractivity contribution in [2.75, 3.05) is 40.9 Å². The first-order valence-corrected chi connectivity index (χ1v) is 34.0. The number of hydrogen-bond donors (Lipinski definition) is 2. The number of esters is 1. The van der Waals surface area contributed by atoms with Crippen LogP contribution in [0, 0.1) is 0 Å². The van der Waals surface area contributed by atoms with Crippen LogP contribution in [0.15, 0.2) is 134 Å². The van der Waals surface area contributed by atoms with E-state index in [1.54, 1.807) is 0 Å². The summed E-state index contributed by atoms with van der Waals surface area (Å²) in [6, 6.07) is -0.880. The number of nitrogens with one attached hydrogen (secondary N) is 1. The summed E-state index contributed by atoms with van der Waals surface area (Å²) in [6.07, 6.45) is 84.5. The summed E-state index contributed by atoms with van der Waals surface area (Å²) in [7, 11) is 1.45. The molecule has 0 aliphatic heterocycles. The Morgan fingerprint density at radius 1 is 0.444 bits per heavy atom. The number of likely N-dealkylation sites (N-methyl/N-ethyl adjacent to an activating group) is 1. The Kier molecular flexibility index (Phi) is 56.5. The van der Waals surface area contributed by atoms with Gasteiger partial charge in [-0.2, -0.15) is 0 Å². The molecule has 0 rings (SSSR count). The van der Waals surface area contributed by atoms with E-state index in [2.05, 4.69) is 148 Å². The molecule has 1 amide bonds. The van der Waals surface area contributed by atoms with Crippen LogP contribution in [-0.2, 0) is 27.9 Å². The highest BCUT2D eigenvalue weighted by atomic mass is 31.2. The average Bonchev–Trinajstić information content (AvgIpc) is 3.43. The first kappa shape index (κ1) is 77.2. The summed E-state index contributed by atoms with van der Waals surface area (Å²) >= 11 is 0. The van der Waals surface area contributed by atoms with Crippen LogP contribution in [0.1, 0.15) is 252 Å². The predicted octanol–water partition coefficient (Wildman–Crippen LogP) is 20.4. The highest BCUT2D eigenvalue weighted by Gasteiger charge is 2.30. The van der Waals surface area contributed by atoms with Crippen molar-refractivity contribution in [1.82, 2.24) is 5.32 Å². The summed E-state index contributed by atoms with van der Waals surface area (Å²) in [5, 5.41) is 3.04. The molecule has 0 aliphatic carbocycles. The van der Waals surface area contributed by atoms with Gasteiger partial charge in [0.2, 0.25) is 5.91 Å². The largest absolute Gasteiger partial charge is 0.472 e. The molecule has 0 aromatic heterocycles. The summed E-state index contributed by atoms with van der Waals surface area (Å²) in [6.45, 7) is 6.81. The van der Waals surface area contributed by atoms with Gasteiger partial charge >= 0.3 is 13.8 Å². The number of ether oxygens (including phenoxy) is 1. The van der Waals surface area contributed by atoms with Gasteiger partial charge in [0, 0.05) is 12.8 Å². The number of phosphoric ester groups is 1. The van der Waals surface area contributed by atoms with Crippen LogP contribution in [0.3, 0.4) is 0 Å². The zero-order chi connectivity index (χ0) is 59.3. The molecule has 9 nitrogen and oxygen atoms in total. The van der Waals surface area contributed by atoms with Crippen molar-refractivity contribution in [2.24, 2.45) is 0 Å². The van der Waals surface area contributed by atoms with Crippen molar-refractivity contribution in [3.8, 4) is 0 Å². The minimum absolute atomic E-state index is 0.0238. The maximum Gasteiger partial charge on any atom is 0.472 e. The normalized spacial score (nSPS) is 14.5. The van der Waals surface area contributed by atoms with Crippen molar-refractivity contribution in [3.05, 3.63) is 134 Å². The standard InChI is InChI=1S/C71H121N2O7P/c1-7-10-13-16-19-22-25-27-29-31-33-35-36-38-39-41-43-45-48-51-54-57-60-63-70(74)72-68(67-79-81(76,77)78-66-65-73(4,5)6)69(62-59-56-53-50-47-24-21-18-15-12-9-3)80-71(75)64-61-58-55-52-49-46-44-42-40-37-34-32-30-28-26-23-20-17-14-11-8-2/h10,13,19-20,22-23,27-30,33-35,37-39,42-45,59,62,68-69H,7-9,11-12,14-18,21,24-26,31-32,36,40-41,46-58,60-61,63-67H2,1-6H3,(H-,72,74,76,77)/p+1/b13-10-,22-19-,23-20-,29-27-,30-28-,35-33-,37-34-,39-38-,44-42-,45-43-,62-59+. The third kappa shape index (κ3) is 60.6. The van der Waals surface area contributed by atoms with E-state index in [1.165, 1.54) is 70.6 Å². The Morgan fingerprint density at radius 2 is 0.790 bits per heavy atom. The molecule has 10 heteroatoms. The third-order valence-electron chi connectivity index (χ3n) is 13.6. The Balaban J connectivity index is 5.27. The quantitative estimate of drug-likeness (QED) is 0.0205. The smallest absolute Gasteiger partial charge is 0.456 e. The Hall–Kier alpha value is -3.85. The lowest BCUT2D eigenvalue weighted by Gasteiger charge is -2.27. The Labute approximate surface area is 498 Å². The van der Waals surface area contributed by atoms with E-state index in [9.17, 15) is 19.0 Å². The van der Waals surface area contributed by atoms with Gasteiger partial charge in [-0.1, -0.05) is 245 Å². The van der Waals surface area contributed by atoms with E-state index in [4.69, 9.17) is 13.8 Å². The van der Waals surface area contributed by atoms with E-state index in [1.807, 2.05) is 33.3 Å². The fourth-order valence-corrected chi connectivity index (χ4v) is 9.31. The zero-order valence-corrected chi connectivity index (χ0v) is 53.6. The number of rotatable bonds is 57. The number of hydrogen-bond acceptors (Lipinski definition) is 6. The van der Waals surface area contributed by atoms with Crippen molar-refractivity contribution < 1.29 is 37.3 Å². The van der Waals surface area contributed by atoms with Crippen LogP contribution in [0.5, 0.6) is 0 Å². The van der Waals surface area contributed by atoms with Gasteiger partial charge in [-0.3, -0.25) is 18.6 Å². The van der Waals surface area contributed by atoms with E-state index in [0.29, 0.717) is 30.3 Å². The van der Waals surface area contributed by atoms with Gasteiger partial charge in [-0.05, 0) is 128 Å². The van der Waals surface area contributed by atoms with Gasteiger partial charge < -0.3 is 19.4 Å². The maximum atomic E-state index is 13.6. The fraction of sp³-hybridized carbons (Fsp3) is 0.662. The van der Waals surface area contributed by atoms with Gasteiger partial charge in [-0.25, -0.2) is 4.57 Å². The minimum Gasteiger partial charge on any atom is -0.456 e. The molecule has 0 aromatic rings. The zero-order valence-electron chi connectivity index (χ0n) is 52.7. The minimum atomic E-state index is -4.47. The summed E-state index contributed by atoms with van der Waals surface area (Å²) in [5.41, 5.74) is 0. The molecule has 81 heavy (non-hydrogen) atoms. The Bertz CT molecular complexity index is 1850. The van der Waals surface area contributed by atoms with Gasteiger partial charge in [0.25, 0.3) is 0 Å². The van der Waals surface area contributed by atoms with Gasteiger partial charge in [0.15, 0.2) is 0 Å². The van der Waals surface area contributed by atoms with Crippen molar-refractivity contribution >= 4 is 19.7 Å². The molecular formula is C71H122N2O7P+. The van der Waals surface area contributed by atoms with Gasteiger partial charge in [0.1, 0.15) is 19.3 Å². The molecule has 0 saturated heterocycles. The molecule has 3 unspecified atom stereocenters. The number of allylic oxidation sites excluding steroid dienone is 21. The van der Waals surface area contributed by atoms with E-state index in [0.717, 1.165) is 135 Å². The predicted molar refractivity (Wildman–Crippen MR) is 350 cm³/mol. The molecule has 2 N–H and O–H groups in total. The van der Waals surface area contributed by atoms with Crippen LogP contribution in [0.4, 0.5) is 0 Å². The van der Waals surface area contributed by atoms with Crippen molar-refractivity contribution in [2.45, 2.75) is 264 Å². The number of unbranched alkanes of at least 4 members (excludes halogenated alkanes) is 21. The van der Waals surface area contributed by atoms with Crippen LogP contribution < -0.4 is 5.32 Å². The Morgan fingerprint density at radius 3 is 1.21 bits per heavy atom. The molecule has 0 radical (unpaired) electrons. The number of phosphoric acid groups is 1. The highest BCUT2D eigenvalue weighted by molar-refractivity contribution is 7.47. The molecular weight excluding hydrogens is 1020 g/mol. The summed E-state index contributed by atoms with van der Waals surface area (Å²) < 4.78 is 30.7. The lowest BCUT2D eigenvalue weighted by atomic mass is 10.1. The molecule has 0 spiro atoms. The van der Waals surface area contributed by atoms with E-state index in [-0.39, 0.29) is 31.5 Å². The van der Waals surface area contributed by atoms with Crippen LogP contribution in [0.2, 0.25) is 0 Å². The lowest BCUT2D eigenvalue weighted by molar-refractivity contribution is -0.870. The number of nitrogens with zero attached hydrogens (tertiary/aromatic N) is 1. The second-order valence-electron chi connectivity index (χ2n) is 22.5. The fourth-order valence-electron chi connectivity index (χ4n) is 8.57. The lowest BCUT2D eigenvalue weighted by Crippen LogP contribution is -2.47. The highest BCUT2D eigenvalue weighted by Crippen LogP contribution is 2.43. The first-order chi connectivity index (χ1) is 39.4. The van der Waals surface area contributed by atoms with E-state index >= 15 is 0 Å². The second kappa shape index (κ2) is 59.3. The topological polar surface area (TPSA) is 111 Å². The number of amides is 1. The SMILES string of the molecule is CC/C=C\C/C=C\C/C=C\C/C=C\C/C=C\C/C=C\CCCCCCC(=O)NC(COP(=O)(O)OCC[N+](C)(C)C)C(/C=C/CCCCCCCCCCC)OC(=O)CCCCCCC/C=C\C/C=C\C/C=C\C/C=C\CCCCC. The third-order valence-corrected chi connectivity index (χ3v) is 14.6. The average molecular weight is 1150 g/mol. The van der Waals surface area contributed by atoms with Crippen LogP contribution in [0.25, 0.3) is 0 Å². The van der Waals surface area contributed by atoms with Crippen LogP contribution in [-0.4, -0.2) is 74.3 Å². The van der Waals surface area contributed by atoms with E-state index < -0.39 is 20.0 Å². The van der Waals surface area contributed by atoms with Crippen molar-refractivity contribution in [1.29, 1.82) is 0 Å². The summed E-state index contributed by atoms with van der Waals surface area (Å²) in [5.74, 6) is -0.565. The molecule has 0 aromatic carbocycles. The number of carbonyl (C=O) groups is 2. The first-order valence-electron chi connectivity index (χ1n) is 32.5. The monoisotopic (exact) mass is 1150 g/mol. The maximum absolute atomic E-state index is 13.6. The number of quaternary nitrogens is 1. The molecule has 0 heterocycles. The molecule has 462 valence electrons. The molecule has 0 bridgehead atoms.